The molecule has 0 aliphatic rings. The second-order valence-corrected chi connectivity index (χ2v) is 5.13. The molecule has 4 nitrogen and oxygen atoms in total. The summed E-state index contributed by atoms with van der Waals surface area (Å²) < 4.78 is 5.14. The Morgan fingerprint density at radius 3 is 2.50 bits per heavy atom. The summed E-state index contributed by atoms with van der Waals surface area (Å²) in [6, 6.07) is 7.91. The fourth-order valence-electron chi connectivity index (χ4n) is 1.56. The van der Waals surface area contributed by atoms with Crippen molar-refractivity contribution in [1.82, 2.24) is 4.98 Å². The van der Waals surface area contributed by atoms with Crippen molar-refractivity contribution in [1.29, 1.82) is 0 Å². The molecule has 2 N–H and O–H groups in total. The van der Waals surface area contributed by atoms with Crippen LogP contribution in [0.3, 0.4) is 0 Å². The number of hydrogen-bond donors (Lipinski definition) is 1. The third-order valence-electron chi connectivity index (χ3n) is 2.71. The van der Waals surface area contributed by atoms with Gasteiger partial charge in [0, 0.05) is 29.9 Å². The highest BCUT2D eigenvalue weighted by atomic mass is 32.1. The van der Waals surface area contributed by atoms with Gasteiger partial charge in [0.05, 0.1) is 7.11 Å². The number of thiazole rings is 1. The predicted octanol–water partition coefficient (Wildman–Crippen LogP) is 2.94. The van der Waals surface area contributed by atoms with Crippen LogP contribution < -0.4 is 15.4 Å². The minimum atomic E-state index is 0.0283. The van der Waals surface area contributed by atoms with Gasteiger partial charge in [0.25, 0.3) is 0 Å². The number of hydrogen-bond acceptors (Lipinski definition) is 5. The minimum Gasteiger partial charge on any atom is -0.497 e. The van der Waals surface area contributed by atoms with Crippen molar-refractivity contribution in [2.75, 3.05) is 19.1 Å². The Hall–Kier alpha value is -1.59. The highest BCUT2D eigenvalue weighted by molar-refractivity contribution is 7.15. The smallest absolute Gasteiger partial charge is 0.189 e. The third kappa shape index (κ3) is 2.63. The number of rotatable bonds is 4. The largest absolute Gasteiger partial charge is 0.497 e. The first-order chi connectivity index (χ1) is 8.61. The van der Waals surface area contributed by atoms with Crippen LogP contribution >= 0.6 is 11.3 Å². The van der Waals surface area contributed by atoms with E-state index in [0.29, 0.717) is 0 Å². The fraction of sp³-hybridized carbons (Fsp3) is 0.308. The lowest BCUT2D eigenvalue weighted by Gasteiger charge is -2.16. The molecule has 0 aliphatic carbocycles. The van der Waals surface area contributed by atoms with E-state index in [0.717, 1.165) is 21.4 Å². The number of benzene rings is 1. The molecule has 5 heteroatoms. The van der Waals surface area contributed by atoms with E-state index >= 15 is 0 Å². The van der Waals surface area contributed by atoms with Gasteiger partial charge in [-0.25, -0.2) is 4.98 Å². The molecule has 2 aromatic rings. The van der Waals surface area contributed by atoms with Crippen molar-refractivity contribution in [3.63, 3.8) is 0 Å². The summed E-state index contributed by atoms with van der Waals surface area (Å²) in [6.45, 7) is 1.96. The quantitative estimate of drug-likeness (QED) is 0.921. The van der Waals surface area contributed by atoms with Crippen LogP contribution in [0.1, 0.15) is 17.8 Å². The molecule has 0 bridgehead atoms. The predicted molar refractivity (Wildman–Crippen MR) is 75.8 cm³/mol. The number of nitrogens with two attached hydrogens (primary N) is 1. The van der Waals surface area contributed by atoms with E-state index in [1.54, 1.807) is 18.4 Å². The van der Waals surface area contributed by atoms with Crippen molar-refractivity contribution in [2.45, 2.75) is 13.0 Å². The van der Waals surface area contributed by atoms with Gasteiger partial charge in [-0.2, -0.15) is 0 Å². The van der Waals surface area contributed by atoms with E-state index in [2.05, 4.69) is 4.98 Å². The summed E-state index contributed by atoms with van der Waals surface area (Å²) in [5.74, 6) is 0.850. The van der Waals surface area contributed by atoms with E-state index in [-0.39, 0.29) is 6.04 Å². The maximum atomic E-state index is 5.84. The molecule has 1 aromatic heterocycles. The Bertz CT molecular complexity index is 507. The molecule has 96 valence electrons. The molecule has 0 saturated heterocycles. The number of anilines is 2. The fourth-order valence-corrected chi connectivity index (χ4v) is 2.41. The van der Waals surface area contributed by atoms with Crippen molar-refractivity contribution >= 4 is 22.2 Å². The normalized spacial score (nSPS) is 12.2. The Kier molecular flexibility index (Phi) is 3.84. The Balaban J connectivity index is 2.20. The Morgan fingerprint density at radius 2 is 2.00 bits per heavy atom. The van der Waals surface area contributed by atoms with Crippen molar-refractivity contribution in [3.05, 3.63) is 35.3 Å². The monoisotopic (exact) mass is 263 g/mol. The number of aromatic nitrogens is 1. The molecule has 0 fully saturated rings. The van der Waals surface area contributed by atoms with E-state index in [1.807, 2.05) is 49.3 Å². The average Bonchev–Trinajstić information content (AvgIpc) is 2.88. The summed E-state index contributed by atoms with van der Waals surface area (Å²) in [6.07, 6.45) is 1.84. The molecule has 1 unspecified atom stereocenters. The molecule has 0 aliphatic heterocycles. The zero-order valence-electron chi connectivity index (χ0n) is 10.8. The maximum Gasteiger partial charge on any atom is 0.189 e. The molecule has 1 atom stereocenters. The molecule has 0 amide bonds. The molecular weight excluding hydrogens is 246 g/mol. The standard InChI is InChI=1S/C13H17N3OS/c1-9(14)12-8-15-13(18-12)16(2)10-4-6-11(17-3)7-5-10/h4-9H,14H2,1-3H3. The molecule has 2 rings (SSSR count). The SMILES string of the molecule is COc1ccc(N(C)c2ncc(C(C)N)s2)cc1. The highest BCUT2D eigenvalue weighted by Crippen LogP contribution is 2.30. The molecule has 0 radical (unpaired) electrons. The lowest BCUT2D eigenvalue weighted by atomic mass is 10.3. The highest BCUT2D eigenvalue weighted by Gasteiger charge is 2.11. The summed E-state index contributed by atoms with van der Waals surface area (Å²) in [4.78, 5) is 7.52. The van der Waals surface area contributed by atoms with Gasteiger partial charge >= 0.3 is 0 Å². The molecule has 18 heavy (non-hydrogen) atoms. The zero-order valence-corrected chi connectivity index (χ0v) is 11.6. The second-order valence-electron chi connectivity index (χ2n) is 4.09. The van der Waals surface area contributed by atoms with Gasteiger partial charge in [0.2, 0.25) is 0 Å². The minimum absolute atomic E-state index is 0.0283. The van der Waals surface area contributed by atoms with Gasteiger partial charge in [-0.3, -0.25) is 0 Å². The van der Waals surface area contributed by atoms with Gasteiger partial charge in [-0.1, -0.05) is 11.3 Å². The lowest BCUT2D eigenvalue weighted by molar-refractivity contribution is 0.415. The van der Waals surface area contributed by atoms with Crippen LogP contribution in [0.2, 0.25) is 0 Å². The van der Waals surface area contributed by atoms with Crippen LogP contribution in [0.15, 0.2) is 30.5 Å². The molecule has 0 spiro atoms. The molecular formula is C13H17N3OS. The van der Waals surface area contributed by atoms with Crippen LogP contribution in [0, 0.1) is 0 Å². The Morgan fingerprint density at radius 1 is 1.33 bits per heavy atom. The summed E-state index contributed by atoms with van der Waals surface area (Å²) in [5.41, 5.74) is 6.91. The lowest BCUT2D eigenvalue weighted by Crippen LogP contribution is -2.08. The molecule has 0 saturated carbocycles. The van der Waals surface area contributed by atoms with Crippen LogP contribution in [0.5, 0.6) is 5.75 Å². The summed E-state index contributed by atoms with van der Waals surface area (Å²) in [5, 5.41) is 0.937. The Labute approximate surface area is 111 Å². The average molecular weight is 263 g/mol. The van der Waals surface area contributed by atoms with E-state index < -0.39 is 0 Å². The van der Waals surface area contributed by atoms with Gasteiger partial charge in [-0.15, -0.1) is 0 Å². The van der Waals surface area contributed by atoms with Crippen LogP contribution in [0.25, 0.3) is 0 Å². The van der Waals surface area contributed by atoms with Crippen LogP contribution in [0.4, 0.5) is 10.8 Å². The first kappa shape index (κ1) is 12.9. The zero-order chi connectivity index (χ0) is 13.1. The first-order valence-corrected chi connectivity index (χ1v) is 6.52. The van der Waals surface area contributed by atoms with Crippen LogP contribution in [-0.2, 0) is 0 Å². The van der Waals surface area contributed by atoms with Crippen molar-refractivity contribution in [3.8, 4) is 5.75 Å². The van der Waals surface area contributed by atoms with Gasteiger partial charge in [-0.05, 0) is 31.2 Å². The number of nitrogens with zero attached hydrogens (tertiary/aromatic N) is 2. The van der Waals surface area contributed by atoms with E-state index in [4.69, 9.17) is 10.5 Å². The topological polar surface area (TPSA) is 51.4 Å². The number of ether oxygens (including phenoxy) is 1. The summed E-state index contributed by atoms with van der Waals surface area (Å²) >= 11 is 1.61. The van der Waals surface area contributed by atoms with E-state index in [9.17, 15) is 0 Å². The molecule has 1 aromatic carbocycles. The summed E-state index contributed by atoms with van der Waals surface area (Å²) in [7, 11) is 3.65. The maximum absolute atomic E-state index is 5.84. The van der Waals surface area contributed by atoms with Crippen LogP contribution in [-0.4, -0.2) is 19.1 Å². The van der Waals surface area contributed by atoms with Gasteiger partial charge < -0.3 is 15.4 Å². The van der Waals surface area contributed by atoms with Gasteiger partial charge in [0.15, 0.2) is 5.13 Å². The van der Waals surface area contributed by atoms with E-state index in [1.165, 1.54) is 0 Å². The third-order valence-corrected chi connectivity index (χ3v) is 3.98. The second kappa shape index (κ2) is 5.37. The molecule has 1 heterocycles. The van der Waals surface area contributed by atoms with Crippen molar-refractivity contribution < 1.29 is 4.74 Å². The van der Waals surface area contributed by atoms with Gasteiger partial charge in [0.1, 0.15) is 5.75 Å². The van der Waals surface area contributed by atoms with Crippen molar-refractivity contribution in [2.24, 2.45) is 5.73 Å². The number of methoxy groups -OCH3 is 1. The first-order valence-electron chi connectivity index (χ1n) is 5.71.